The number of rotatable bonds is 13. The van der Waals surface area contributed by atoms with E-state index in [-0.39, 0.29) is 24.5 Å². The van der Waals surface area contributed by atoms with Gasteiger partial charge in [0, 0.05) is 19.4 Å². The van der Waals surface area contributed by atoms with Crippen LogP contribution in [0.3, 0.4) is 0 Å². The van der Waals surface area contributed by atoms with E-state index in [0.717, 1.165) is 11.3 Å². The molecule has 1 aromatic carbocycles. The van der Waals surface area contributed by atoms with Crippen LogP contribution in [0.5, 0.6) is 5.75 Å². The summed E-state index contributed by atoms with van der Waals surface area (Å²) in [4.78, 5) is 25.1. The lowest BCUT2D eigenvalue weighted by molar-refractivity contribution is -0.158. The van der Waals surface area contributed by atoms with Crippen LogP contribution >= 0.6 is 0 Å². The number of esters is 1. The smallest absolute Gasteiger partial charge is 0.329 e. The third-order valence-electron chi connectivity index (χ3n) is 3.92. The topological polar surface area (TPSA) is 109 Å². The van der Waals surface area contributed by atoms with E-state index in [1.807, 2.05) is 72.7 Å². The summed E-state index contributed by atoms with van der Waals surface area (Å²) in [6, 6.07) is 6.68. The zero-order valence-corrected chi connectivity index (χ0v) is 24.4. The molecule has 0 aliphatic heterocycles. The van der Waals surface area contributed by atoms with Gasteiger partial charge in [-0.25, -0.2) is 4.79 Å². The normalized spacial score (nSPS) is 11.8. The molecule has 0 spiro atoms. The van der Waals surface area contributed by atoms with Crippen LogP contribution in [0.2, 0.25) is 0 Å². The Morgan fingerprint density at radius 1 is 0.833 bits per heavy atom. The van der Waals surface area contributed by atoms with E-state index >= 15 is 0 Å². The molecule has 0 bridgehead atoms. The summed E-state index contributed by atoms with van der Waals surface area (Å²) in [6.45, 7) is 21.3. The largest absolute Gasteiger partial charge is 0.488 e. The minimum Gasteiger partial charge on any atom is -0.488 e. The second kappa shape index (κ2) is 20.0. The Morgan fingerprint density at radius 3 is 1.83 bits per heavy atom. The lowest BCUT2D eigenvalue weighted by Gasteiger charge is -2.25. The highest BCUT2D eigenvalue weighted by Gasteiger charge is 2.27. The first-order chi connectivity index (χ1) is 16.9. The van der Waals surface area contributed by atoms with Gasteiger partial charge in [-0.1, -0.05) is 39.8 Å². The molecule has 0 heterocycles. The molecule has 1 unspecified atom stereocenters. The van der Waals surface area contributed by atoms with Crippen LogP contribution in [0.4, 0.5) is 0 Å². The number of carbonyl (C=O) groups is 2. The van der Waals surface area contributed by atoms with Gasteiger partial charge < -0.3 is 30.0 Å². The predicted octanol–water partition coefficient (Wildman–Crippen LogP) is 4.67. The summed E-state index contributed by atoms with van der Waals surface area (Å²) >= 11 is 0. The van der Waals surface area contributed by atoms with E-state index in [1.54, 1.807) is 20.8 Å². The number of ether oxygens (including phenoxy) is 4. The molecule has 0 saturated heterocycles. The lowest BCUT2D eigenvalue weighted by atomic mass is 10.0. The fourth-order valence-corrected chi connectivity index (χ4v) is 2.69. The molecular weight excluding hydrogens is 460 g/mol. The molecule has 0 saturated carbocycles. The Bertz CT molecular complexity index is 693. The van der Waals surface area contributed by atoms with E-state index in [1.165, 1.54) is 0 Å². The molecule has 1 atom stereocenters. The molecule has 8 nitrogen and oxygen atoms in total. The van der Waals surface area contributed by atoms with Crippen LogP contribution < -0.4 is 15.8 Å². The molecule has 1 aromatic rings. The van der Waals surface area contributed by atoms with Gasteiger partial charge >= 0.3 is 5.97 Å². The number of hydrogen-bond donors (Lipinski definition) is 2. The van der Waals surface area contributed by atoms with Gasteiger partial charge in [0.2, 0.25) is 5.91 Å². The van der Waals surface area contributed by atoms with Crippen molar-refractivity contribution in [2.75, 3.05) is 33.0 Å². The number of amides is 1. The zero-order valence-electron chi connectivity index (χ0n) is 24.4. The molecule has 0 aliphatic rings. The van der Waals surface area contributed by atoms with Crippen molar-refractivity contribution in [3.05, 3.63) is 29.8 Å². The highest BCUT2D eigenvalue weighted by atomic mass is 16.6. The second-order valence-corrected chi connectivity index (χ2v) is 9.48. The van der Waals surface area contributed by atoms with Crippen molar-refractivity contribution in [2.45, 2.75) is 99.3 Å². The van der Waals surface area contributed by atoms with Gasteiger partial charge in [-0.3, -0.25) is 4.79 Å². The van der Waals surface area contributed by atoms with Gasteiger partial charge in [-0.15, -0.1) is 0 Å². The number of nitrogens with two attached hydrogens (primary N) is 1. The average molecular weight is 513 g/mol. The van der Waals surface area contributed by atoms with Gasteiger partial charge in [-0.2, -0.15) is 0 Å². The predicted molar refractivity (Wildman–Crippen MR) is 146 cm³/mol. The van der Waals surface area contributed by atoms with Crippen LogP contribution in [0.25, 0.3) is 0 Å². The van der Waals surface area contributed by atoms with Gasteiger partial charge in [0.15, 0.2) is 0 Å². The molecule has 0 radical (unpaired) electrons. The van der Waals surface area contributed by atoms with E-state index in [4.69, 9.17) is 24.7 Å². The Labute approximate surface area is 219 Å². The van der Waals surface area contributed by atoms with Crippen molar-refractivity contribution >= 4 is 11.9 Å². The number of nitrogens with one attached hydrogen (secondary N) is 1. The van der Waals surface area contributed by atoms with Gasteiger partial charge in [0.05, 0.1) is 26.4 Å². The Kier molecular flexibility index (Phi) is 20.0. The SMILES string of the molecule is CC.CC.CC(C)(C)OC(=O)C(Cc1ccc(OC(C)(C)C)cc1)NC(=O)CCOCCOCCN. The fraction of sp³-hybridized carbons (Fsp3) is 0.714. The lowest BCUT2D eigenvalue weighted by Crippen LogP contribution is -2.45. The summed E-state index contributed by atoms with van der Waals surface area (Å²) in [5, 5.41) is 2.78. The highest BCUT2D eigenvalue weighted by Crippen LogP contribution is 2.19. The van der Waals surface area contributed by atoms with Crippen molar-refractivity contribution in [3.63, 3.8) is 0 Å². The zero-order chi connectivity index (χ0) is 28.2. The first-order valence-corrected chi connectivity index (χ1v) is 13.1. The highest BCUT2D eigenvalue weighted by molar-refractivity contribution is 5.85. The summed E-state index contributed by atoms with van der Waals surface area (Å²) in [7, 11) is 0. The van der Waals surface area contributed by atoms with E-state index < -0.39 is 17.6 Å². The first kappa shape index (κ1) is 36.0. The van der Waals surface area contributed by atoms with Crippen LogP contribution in [0.1, 0.15) is 81.2 Å². The third kappa shape index (κ3) is 20.1. The van der Waals surface area contributed by atoms with Crippen LogP contribution in [-0.2, 0) is 30.2 Å². The quantitative estimate of drug-likeness (QED) is 0.292. The van der Waals surface area contributed by atoms with Crippen molar-refractivity contribution in [2.24, 2.45) is 5.73 Å². The van der Waals surface area contributed by atoms with Gasteiger partial charge in [0.25, 0.3) is 0 Å². The van der Waals surface area contributed by atoms with Gasteiger partial charge in [-0.05, 0) is 59.2 Å². The maximum Gasteiger partial charge on any atom is 0.329 e. The third-order valence-corrected chi connectivity index (χ3v) is 3.92. The fourth-order valence-electron chi connectivity index (χ4n) is 2.69. The van der Waals surface area contributed by atoms with Crippen molar-refractivity contribution in [1.82, 2.24) is 5.32 Å². The van der Waals surface area contributed by atoms with Crippen LogP contribution in [0, 0.1) is 0 Å². The Balaban J connectivity index is 0. The van der Waals surface area contributed by atoms with E-state index in [0.29, 0.717) is 32.8 Å². The minimum absolute atomic E-state index is 0.133. The molecule has 0 aromatic heterocycles. The molecule has 36 heavy (non-hydrogen) atoms. The van der Waals surface area contributed by atoms with Gasteiger partial charge in [0.1, 0.15) is 23.0 Å². The summed E-state index contributed by atoms with van der Waals surface area (Å²) in [5.41, 5.74) is 5.27. The molecule has 8 heteroatoms. The van der Waals surface area contributed by atoms with Crippen molar-refractivity contribution < 1.29 is 28.5 Å². The number of carbonyl (C=O) groups excluding carboxylic acids is 2. The van der Waals surface area contributed by atoms with Crippen LogP contribution in [0.15, 0.2) is 24.3 Å². The first-order valence-electron chi connectivity index (χ1n) is 13.1. The standard InChI is InChI=1S/C24H40N2O6.2C2H6/c1-23(2,3)31-19-9-7-18(8-10-19)17-20(22(28)32-24(4,5)6)26-21(27)11-13-29-15-16-30-14-12-25;2*1-2/h7-10,20H,11-17,25H2,1-6H3,(H,26,27);2*1-2H3. The molecule has 1 rings (SSSR count). The summed E-state index contributed by atoms with van der Waals surface area (Å²) in [5.74, 6) is -0.0138. The summed E-state index contributed by atoms with van der Waals surface area (Å²) in [6.07, 6.45) is 0.443. The van der Waals surface area contributed by atoms with Crippen molar-refractivity contribution in [1.29, 1.82) is 0 Å². The average Bonchev–Trinajstić information content (AvgIpc) is 2.80. The monoisotopic (exact) mass is 512 g/mol. The molecular formula is C28H52N2O6. The number of hydrogen-bond acceptors (Lipinski definition) is 7. The molecule has 210 valence electrons. The van der Waals surface area contributed by atoms with Crippen molar-refractivity contribution in [3.8, 4) is 5.75 Å². The minimum atomic E-state index is -0.802. The van der Waals surface area contributed by atoms with E-state index in [9.17, 15) is 9.59 Å². The molecule has 1 amide bonds. The second-order valence-electron chi connectivity index (χ2n) is 9.48. The number of benzene rings is 1. The molecule has 0 aliphatic carbocycles. The van der Waals surface area contributed by atoms with E-state index in [2.05, 4.69) is 5.32 Å². The maximum absolute atomic E-state index is 12.7. The summed E-state index contributed by atoms with van der Waals surface area (Å²) < 4.78 is 21.9. The molecule has 3 N–H and O–H groups in total. The molecule has 0 fully saturated rings. The Hall–Kier alpha value is -2.16. The Morgan fingerprint density at radius 2 is 1.36 bits per heavy atom. The van der Waals surface area contributed by atoms with Crippen LogP contribution in [-0.4, -0.2) is 62.1 Å². The maximum atomic E-state index is 12.7.